The van der Waals surface area contributed by atoms with E-state index in [1.807, 2.05) is 0 Å². The van der Waals surface area contributed by atoms with Crippen molar-refractivity contribution >= 4 is 9.84 Å². The Kier molecular flexibility index (Phi) is 8.25. The SMILES string of the molecule is CCCC(CCC)C(NCC)C1CCCC(S(C)(=O)=O)C1. The number of nitrogens with one attached hydrogen (secondary N) is 1. The minimum Gasteiger partial charge on any atom is -0.314 e. The van der Waals surface area contributed by atoms with Crippen molar-refractivity contribution in [1.82, 2.24) is 5.32 Å². The smallest absolute Gasteiger partial charge is 0.150 e. The zero-order valence-corrected chi connectivity index (χ0v) is 15.2. The predicted molar refractivity (Wildman–Crippen MR) is 91.4 cm³/mol. The van der Waals surface area contributed by atoms with Crippen molar-refractivity contribution in [2.45, 2.75) is 83.4 Å². The summed E-state index contributed by atoms with van der Waals surface area (Å²) in [5, 5.41) is 3.59. The quantitative estimate of drug-likeness (QED) is 0.704. The molecule has 1 fully saturated rings. The first-order valence-electron chi connectivity index (χ1n) is 8.86. The maximum atomic E-state index is 11.9. The van der Waals surface area contributed by atoms with Crippen molar-refractivity contribution in [3.8, 4) is 0 Å². The summed E-state index contributed by atoms with van der Waals surface area (Å²) in [7, 11) is -2.89. The van der Waals surface area contributed by atoms with Gasteiger partial charge in [-0.3, -0.25) is 0 Å². The summed E-state index contributed by atoms with van der Waals surface area (Å²) in [6.45, 7) is 7.66. The van der Waals surface area contributed by atoms with Crippen LogP contribution in [0, 0.1) is 11.8 Å². The van der Waals surface area contributed by atoms with Crippen LogP contribution >= 0.6 is 0 Å². The molecule has 3 nitrogen and oxygen atoms in total. The van der Waals surface area contributed by atoms with Gasteiger partial charge < -0.3 is 5.32 Å². The van der Waals surface area contributed by atoms with Gasteiger partial charge in [0.05, 0.1) is 5.25 Å². The van der Waals surface area contributed by atoms with E-state index in [0.717, 1.165) is 25.8 Å². The second-order valence-electron chi connectivity index (χ2n) is 6.80. The van der Waals surface area contributed by atoms with Crippen LogP contribution in [0.3, 0.4) is 0 Å². The Morgan fingerprint density at radius 1 is 1.10 bits per heavy atom. The first-order valence-corrected chi connectivity index (χ1v) is 10.8. The van der Waals surface area contributed by atoms with Crippen LogP contribution in [0.25, 0.3) is 0 Å². The van der Waals surface area contributed by atoms with Gasteiger partial charge in [0, 0.05) is 12.3 Å². The predicted octanol–water partition coefficient (Wildman–Crippen LogP) is 3.78. The summed E-state index contributed by atoms with van der Waals surface area (Å²) >= 11 is 0. The van der Waals surface area contributed by atoms with Crippen LogP contribution in [0.15, 0.2) is 0 Å². The second-order valence-corrected chi connectivity index (χ2v) is 9.12. The van der Waals surface area contributed by atoms with Crippen LogP contribution in [0.1, 0.15) is 72.1 Å². The van der Waals surface area contributed by atoms with Crippen molar-refractivity contribution in [3.63, 3.8) is 0 Å². The zero-order chi connectivity index (χ0) is 15.9. The highest BCUT2D eigenvalue weighted by Crippen LogP contribution is 2.35. The van der Waals surface area contributed by atoms with E-state index >= 15 is 0 Å². The lowest BCUT2D eigenvalue weighted by Crippen LogP contribution is -2.45. The molecule has 0 spiro atoms. The first-order chi connectivity index (χ1) is 9.93. The molecule has 0 bridgehead atoms. The number of sulfone groups is 1. The zero-order valence-electron chi connectivity index (χ0n) is 14.4. The van der Waals surface area contributed by atoms with Gasteiger partial charge in [0.2, 0.25) is 0 Å². The molecule has 0 aromatic heterocycles. The van der Waals surface area contributed by atoms with E-state index in [2.05, 4.69) is 26.1 Å². The Morgan fingerprint density at radius 2 is 1.71 bits per heavy atom. The van der Waals surface area contributed by atoms with Crippen molar-refractivity contribution in [2.75, 3.05) is 12.8 Å². The molecule has 0 aromatic carbocycles. The van der Waals surface area contributed by atoms with E-state index in [4.69, 9.17) is 0 Å². The molecule has 0 saturated heterocycles. The van der Waals surface area contributed by atoms with Gasteiger partial charge in [0.1, 0.15) is 9.84 Å². The van der Waals surface area contributed by atoms with Gasteiger partial charge in [0.15, 0.2) is 0 Å². The van der Waals surface area contributed by atoms with Gasteiger partial charge in [-0.2, -0.15) is 0 Å². The van der Waals surface area contributed by atoms with E-state index in [0.29, 0.717) is 17.9 Å². The summed E-state index contributed by atoms with van der Waals surface area (Å²) in [6, 6.07) is 0.499. The lowest BCUT2D eigenvalue weighted by molar-refractivity contribution is 0.192. The van der Waals surface area contributed by atoms with Crippen LogP contribution in [-0.4, -0.2) is 32.5 Å². The van der Waals surface area contributed by atoms with Crippen LogP contribution in [0.5, 0.6) is 0 Å². The maximum absolute atomic E-state index is 11.9. The Hall–Kier alpha value is -0.0900. The topological polar surface area (TPSA) is 46.2 Å². The lowest BCUT2D eigenvalue weighted by Gasteiger charge is -2.38. The normalized spacial score (nSPS) is 25.2. The van der Waals surface area contributed by atoms with E-state index in [9.17, 15) is 8.42 Å². The average molecular weight is 318 g/mol. The van der Waals surface area contributed by atoms with Gasteiger partial charge in [-0.1, -0.05) is 40.0 Å². The first kappa shape index (κ1) is 19.0. The monoisotopic (exact) mass is 317 g/mol. The molecule has 3 unspecified atom stereocenters. The summed E-state index contributed by atoms with van der Waals surface area (Å²) in [4.78, 5) is 0. The molecule has 21 heavy (non-hydrogen) atoms. The van der Waals surface area contributed by atoms with Crippen LogP contribution < -0.4 is 5.32 Å². The van der Waals surface area contributed by atoms with Crippen molar-refractivity contribution in [1.29, 1.82) is 0 Å². The molecular weight excluding hydrogens is 282 g/mol. The van der Waals surface area contributed by atoms with E-state index in [1.54, 1.807) is 0 Å². The van der Waals surface area contributed by atoms with Gasteiger partial charge in [-0.25, -0.2) is 8.42 Å². The largest absolute Gasteiger partial charge is 0.314 e. The summed E-state index contributed by atoms with van der Waals surface area (Å²) in [5.74, 6) is 1.23. The van der Waals surface area contributed by atoms with Crippen molar-refractivity contribution < 1.29 is 8.42 Å². The number of hydrogen-bond acceptors (Lipinski definition) is 3. The average Bonchev–Trinajstić information content (AvgIpc) is 2.44. The Labute approximate surface area is 132 Å². The fraction of sp³-hybridized carbons (Fsp3) is 1.00. The molecule has 0 radical (unpaired) electrons. The molecule has 1 N–H and O–H groups in total. The highest BCUT2D eigenvalue weighted by Gasteiger charge is 2.35. The van der Waals surface area contributed by atoms with Crippen molar-refractivity contribution in [3.05, 3.63) is 0 Å². The third-order valence-electron chi connectivity index (χ3n) is 5.05. The Bertz CT molecular complexity index is 374. The highest BCUT2D eigenvalue weighted by atomic mass is 32.2. The highest BCUT2D eigenvalue weighted by molar-refractivity contribution is 7.91. The Balaban J connectivity index is 2.82. The Morgan fingerprint density at radius 3 is 2.19 bits per heavy atom. The molecule has 0 amide bonds. The fourth-order valence-electron chi connectivity index (χ4n) is 4.10. The third kappa shape index (κ3) is 5.90. The fourth-order valence-corrected chi connectivity index (χ4v) is 5.29. The summed E-state index contributed by atoms with van der Waals surface area (Å²) in [5.41, 5.74) is 0. The molecule has 1 aliphatic rings. The molecule has 1 saturated carbocycles. The van der Waals surface area contributed by atoms with E-state index in [-0.39, 0.29) is 5.25 Å². The molecule has 0 aromatic rings. The second kappa shape index (κ2) is 9.14. The van der Waals surface area contributed by atoms with Gasteiger partial charge >= 0.3 is 0 Å². The van der Waals surface area contributed by atoms with Gasteiger partial charge in [-0.15, -0.1) is 0 Å². The molecule has 3 atom stereocenters. The number of hydrogen-bond donors (Lipinski definition) is 1. The van der Waals surface area contributed by atoms with E-state index < -0.39 is 9.84 Å². The maximum Gasteiger partial charge on any atom is 0.150 e. The summed E-state index contributed by atoms with van der Waals surface area (Å²) < 4.78 is 23.8. The molecule has 1 aliphatic carbocycles. The molecule has 1 rings (SSSR count). The van der Waals surface area contributed by atoms with E-state index in [1.165, 1.54) is 38.4 Å². The van der Waals surface area contributed by atoms with Crippen LogP contribution in [-0.2, 0) is 9.84 Å². The third-order valence-corrected chi connectivity index (χ3v) is 6.69. The summed E-state index contributed by atoms with van der Waals surface area (Å²) in [6.07, 6.45) is 10.3. The molecule has 0 heterocycles. The van der Waals surface area contributed by atoms with Gasteiger partial charge in [0.25, 0.3) is 0 Å². The van der Waals surface area contributed by atoms with Crippen LogP contribution in [0.4, 0.5) is 0 Å². The minimum atomic E-state index is -2.89. The molecule has 126 valence electrons. The number of rotatable bonds is 9. The lowest BCUT2D eigenvalue weighted by atomic mass is 9.75. The van der Waals surface area contributed by atoms with Crippen LogP contribution in [0.2, 0.25) is 0 Å². The van der Waals surface area contributed by atoms with Gasteiger partial charge in [-0.05, 0) is 50.5 Å². The minimum absolute atomic E-state index is 0.110. The van der Waals surface area contributed by atoms with Crippen molar-refractivity contribution in [2.24, 2.45) is 11.8 Å². The molecular formula is C17H35NO2S. The standard InChI is InChI=1S/C17H35NO2S/c1-5-9-14(10-6-2)17(18-7-3)15-11-8-12-16(13-15)21(4,19)20/h14-18H,5-13H2,1-4H3. The molecule has 0 aliphatic heterocycles. The molecule has 4 heteroatoms.